The number of rotatable bonds is 5. The van der Waals surface area contributed by atoms with E-state index in [0.717, 1.165) is 51.9 Å². The van der Waals surface area contributed by atoms with Gasteiger partial charge in [-0.2, -0.15) is 0 Å². The van der Waals surface area contributed by atoms with Gasteiger partial charge in [0.15, 0.2) is 0 Å². The molecule has 2 atom stereocenters. The molecule has 4 heterocycles. The first-order chi connectivity index (χ1) is 17.9. The molecule has 0 aliphatic carbocycles. The molecule has 2 saturated heterocycles. The number of piperidine rings is 2. The Morgan fingerprint density at radius 2 is 1.76 bits per heavy atom. The predicted molar refractivity (Wildman–Crippen MR) is 141 cm³/mol. The van der Waals surface area contributed by atoms with Gasteiger partial charge < -0.3 is 20.2 Å². The fraction of sp³-hybridized carbons (Fsp3) is 0.571. The van der Waals surface area contributed by atoms with Crippen molar-refractivity contribution in [2.45, 2.75) is 70.7 Å². The van der Waals surface area contributed by atoms with Crippen LogP contribution >= 0.6 is 0 Å². The van der Waals surface area contributed by atoms with Crippen molar-refractivity contribution < 1.29 is 14.7 Å². The number of aliphatic hydroxyl groups is 1. The molecule has 2 N–H and O–H groups in total. The largest absolute Gasteiger partial charge is 0.390 e. The van der Waals surface area contributed by atoms with E-state index in [4.69, 9.17) is 0 Å². The molecule has 0 saturated carbocycles. The summed E-state index contributed by atoms with van der Waals surface area (Å²) in [6, 6.07) is 10.5. The van der Waals surface area contributed by atoms with Crippen LogP contribution in [0.5, 0.6) is 0 Å². The molecule has 198 valence electrons. The first-order valence-corrected chi connectivity index (χ1v) is 13.6. The van der Waals surface area contributed by atoms with Crippen molar-refractivity contribution >= 4 is 17.6 Å². The number of aromatic nitrogens is 2. The van der Waals surface area contributed by atoms with Crippen LogP contribution in [0.3, 0.4) is 0 Å². The van der Waals surface area contributed by atoms with Crippen LogP contribution in [-0.2, 0) is 24.2 Å². The lowest BCUT2D eigenvalue weighted by atomic mass is 9.94. The first-order valence-electron chi connectivity index (χ1n) is 13.6. The summed E-state index contributed by atoms with van der Waals surface area (Å²) >= 11 is 0. The van der Waals surface area contributed by atoms with Gasteiger partial charge in [-0.05, 0) is 36.8 Å². The molecule has 0 radical (unpaired) electrons. The number of carbonyl (C=O) groups is 2. The number of benzene rings is 1. The van der Waals surface area contributed by atoms with Gasteiger partial charge in [0.25, 0.3) is 5.91 Å². The molecule has 3 aliphatic heterocycles. The van der Waals surface area contributed by atoms with Crippen molar-refractivity contribution in [3.8, 4) is 0 Å². The normalized spacial score (nSPS) is 23.0. The number of nitrogens with one attached hydrogen (secondary N) is 1. The Balaban J connectivity index is 1.22. The second kappa shape index (κ2) is 11.1. The highest BCUT2D eigenvalue weighted by molar-refractivity contribution is 5.93. The van der Waals surface area contributed by atoms with Gasteiger partial charge in [-0.15, -0.1) is 0 Å². The molecule has 0 spiro atoms. The Bertz CT molecular complexity index is 1130. The minimum atomic E-state index is -0.598. The summed E-state index contributed by atoms with van der Waals surface area (Å²) in [5, 5.41) is 14.5. The molecule has 1 aromatic carbocycles. The Hall–Kier alpha value is -3.04. The van der Waals surface area contributed by atoms with Gasteiger partial charge >= 0.3 is 0 Å². The zero-order valence-corrected chi connectivity index (χ0v) is 21.9. The Morgan fingerprint density at radius 3 is 2.46 bits per heavy atom. The van der Waals surface area contributed by atoms with Crippen LogP contribution in [0.25, 0.3) is 0 Å². The molecule has 0 unspecified atom stereocenters. The molecular weight excluding hydrogens is 468 g/mol. The summed E-state index contributed by atoms with van der Waals surface area (Å²) in [7, 11) is 0. The maximum absolute atomic E-state index is 13.5. The minimum absolute atomic E-state index is 0.0482. The highest BCUT2D eigenvalue weighted by Crippen LogP contribution is 2.26. The minimum Gasteiger partial charge on any atom is -0.390 e. The van der Waals surface area contributed by atoms with Crippen LogP contribution in [0.1, 0.15) is 60.5 Å². The number of β-amino-alcohol motifs (C(OH)–C–C–N with tert-alkyl or cyclic N) is 1. The molecule has 37 heavy (non-hydrogen) atoms. The summed E-state index contributed by atoms with van der Waals surface area (Å²) in [5.74, 6) is 1.22. The standard InChI is InChI=1S/C28H38N6O3/c1-3-26-30-23(16-27(31-26)29-22-9-13-32(14-10-22)19(2)35)28(37)34-15-11-24(25(36)18-34)33-12-8-20-6-4-5-7-21(20)17-33/h4-7,16,22,24-25,36H,3,8-15,17-18H2,1-2H3,(H,29,30,31)/t24-,25-/m1/s1. The van der Waals surface area contributed by atoms with Crippen LogP contribution in [0.15, 0.2) is 30.3 Å². The molecule has 5 rings (SSSR count). The molecule has 3 aliphatic rings. The van der Waals surface area contributed by atoms with E-state index in [9.17, 15) is 14.7 Å². The fourth-order valence-corrected chi connectivity index (χ4v) is 5.88. The third kappa shape index (κ3) is 5.78. The van der Waals surface area contributed by atoms with Crippen LogP contribution in [0, 0.1) is 0 Å². The second-order valence-corrected chi connectivity index (χ2v) is 10.5. The lowest BCUT2D eigenvalue weighted by Gasteiger charge is -2.43. The summed E-state index contributed by atoms with van der Waals surface area (Å²) in [5.41, 5.74) is 3.10. The number of amides is 2. The number of carbonyl (C=O) groups excluding carboxylic acids is 2. The molecule has 2 aromatic rings. The van der Waals surface area contributed by atoms with Gasteiger partial charge in [0.1, 0.15) is 17.3 Å². The van der Waals surface area contributed by atoms with Crippen molar-refractivity contribution in [3.05, 3.63) is 53.0 Å². The quantitative estimate of drug-likeness (QED) is 0.640. The number of likely N-dealkylation sites (tertiary alicyclic amines) is 2. The van der Waals surface area contributed by atoms with Crippen molar-refractivity contribution in [2.24, 2.45) is 0 Å². The number of aliphatic hydroxyl groups excluding tert-OH is 1. The molecule has 2 fully saturated rings. The van der Waals surface area contributed by atoms with E-state index in [1.807, 2.05) is 11.8 Å². The van der Waals surface area contributed by atoms with E-state index >= 15 is 0 Å². The zero-order chi connectivity index (χ0) is 25.9. The molecule has 0 bridgehead atoms. The Kier molecular flexibility index (Phi) is 7.71. The predicted octanol–water partition coefficient (Wildman–Crippen LogP) is 2.10. The number of hydrogen-bond donors (Lipinski definition) is 2. The van der Waals surface area contributed by atoms with E-state index in [1.165, 1.54) is 11.1 Å². The average Bonchev–Trinajstić information content (AvgIpc) is 2.92. The number of aryl methyl sites for hydroxylation is 1. The SMILES string of the molecule is CCc1nc(NC2CCN(C(C)=O)CC2)cc(C(=O)N2CC[C@@H](N3CCc4ccccc4C3)[C@H](O)C2)n1. The lowest BCUT2D eigenvalue weighted by molar-refractivity contribution is -0.129. The van der Waals surface area contributed by atoms with Gasteiger partial charge in [-0.3, -0.25) is 14.5 Å². The van der Waals surface area contributed by atoms with Gasteiger partial charge in [-0.1, -0.05) is 31.2 Å². The van der Waals surface area contributed by atoms with Crippen LogP contribution in [0.2, 0.25) is 0 Å². The van der Waals surface area contributed by atoms with E-state index in [1.54, 1.807) is 17.9 Å². The summed E-state index contributed by atoms with van der Waals surface area (Å²) < 4.78 is 0. The molecular formula is C28H38N6O3. The van der Waals surface area contributed by atoms with Gasteiger partial charge in [0, 0.05) is 70.8 Å². The van der Waals surface area contributed by atoms with E-state index in [-0.39, 0.29) is 23.9 Å². The summed E-state index contributed by atoms with van der Waals surface area (Å²) in [6.45, 7) is 7.70. The van der Waals surface area contributed by atoms with Crippen LogP contribution in [-0.4, -0.2) is 92.5 Å². The maximum Gasteiger partial charge on any atom is 0.272 e. The summed E-state index contributed by atoms with van der Waals surface area (Å²) in [4.78, 5) is 40.2. The highest BCUT2D eigenvalue weighted by atomic mass is 16.3. The van der Waals surface area contributed by atoms with E-state index in [2.05, 4.69) is 44.5 Å². The summed E-state index contributed by atoms with van der Waals surface area (Å²) in [6.07, 6.45) is 3.44. The molecule has 9 heteroatoms. The van der Waals surface area contributed by atoms with E-state index in [0.29, 0.717) is 36.8 Å². The van der Waals surface area contributed by atoms with Gasteiger partial charge in [0.2, 0.25) is 5.91 Å². The average molecular weight is 507 g/mol. The Morgan fingerprint density at radius 1 is 1.03 bits per heavy atom. The van der Waals surface area contributed by atoms with E-state index < -0.39 is 6.10 Å². The van der Waals surface area contributed by atoms with Crippen LogP contribution < -0.4 is 5.32 Å². The van der Waals surface area contributed by atoms with Crippen LogP contribution in [0.4, 0.5) is 5.82 Å². The lowest BCUT2D eigenvalue weighted by Crippen LogP contribution is -2.56. The third-order valence-electron chi connectivity index (χ3n) is 8.06. The second-order valence-electron chi connectivity index (χ2n) is 10.5. The van der Waals surface area contributed by atoms with Crippen molar-refractivity contribution in [3.63, 3.8) is 0 Å². The number of anilines is 1. The van der Waals surface area contributed by atoms with Crippen molar-refractivity contribution in [2.75, 3.05) is 38.0 Å². The fourth-order valence-electron chi connectivity index (χ4n) is 5.88. The van der Waals surface area contributed by atoms with Gasteiger partial charge in [0.05, 0.1) is 6.10 Å². The zero-order valence-electron chi connectivity index (χ0n) is 21.9. The first kappa shape index (κ1) is 25.6. The van der Waals surface area contributed by atoms with Crippen molar-refractivity contribution in [1.82, 2.24) is 24.7 Å². The monoisotopic (exact) mass is 506 g/mol. The molecule has 2 amide bonds. The maximum atomic E-state index is 13.5. The highest BCUT2D eigenvalue weighted by Gasteiger charge is 2.36. The van der Waals surface area contributed by atoms with Gasteiger partial charge in [-0.25, -0.2) is 9.97 Å². The third-order valence-corrected chi connectivity index (χ3v) is 8.06. The topological polar surface area (TPSA) is 102 Å². The number of fused-ring (bicyclic) bond motifs is 1. The number of nitrogens with zero attached hydrogens (tertiary/aromatic N) is 5. The Labute approximate surface area is 218 Å². The number of hydrogen-bond acceptors (Lipinski definition) is 7. The van der Waals surface area contributed by atoms with Crippen molar-refractivity contribution in [1.29, 1.82) is 0 Å². The molecule has 9 nitrogen and oxygen atoms in total. The molecule has 1 aromatic heterocycles. The smallest absolute Gasteiger partial charge is 0.272 e.